The highest BCUT2D eigenvalue weighted by Crippen LogP contribution is 2.23. The van der Waals surface area contributed by atoms with Crippen molar-refractivity contribution in [1.82, 2.24) is 10.2 Å². The highest BCUT2D eigenvalue weighted by atomic mass is 16.2. The van der Waals surface area contributed by atoms with E-state index >= 15 is 0 Å². The Morgan fingerprint density at radius 2 is 1.95 bits per heavy atom. The summed E-state index contributed by atoms with van der Waals surface area (Å²) in [7, 11) is 0. The Morgan fingerprint density at radius 1 is 1.21 bits per heavy atom. The van der Waals surface area contributed by atoms with Crippen molar-refractivity contribution in [2.24, 2.45) is 17.6 Å². The molecule has 3 N–H and O–H groups in total. The molecule has 19 heavy (non-hydrogen) atoms. The molecule has 0 bridgehead atoms. The van der Waals surface area contributed by atoms with Crippen LogP contribution >= 0.6 is 0 Å². The van der Waals surface area contributed by atoms with E-state index in [1.807, 2.05) is 0 Å². The molecule has 1 heterocycles. The van der Waals surface area contributed by atoms with Gasteiger partial charge < -0.3 is 11.1 Å². The average Bonchev–Trinajstić information content (AvgIpc) is 2.37. The molecule has 1 saturated heterocycles. The van der Waals surface area contributed by atoms with E-state index in [9.17, 15) is 4.79 Å². The maximum Gasteiger partial charge on any atom is 0.234 e. The molecule has 110 valence electrons. The largest absolute Gasteiger partial charge is 0.352 e. The van der Waals surface area contributed by atoms with Crippen LogP contribution in [0.3, 0.4) is 0 Å². The van der Waals surface area contributed by atoms with Gasteiger partial charge in [0.1, 0.15) is 0 Å². The summed E-state index contributed by atoms with van der Waals surface area (Å²) in [4.78, 5) is 14.3. The quantitative estimate of drug-likeness (QED) is 0.811. The lowest BCUT2D eigenvalue weighted by Gasteiger charge is -2.35. The first-order valence-electron chi connectivity index (χ1n) is 7.83. The number of rotatable bonds is 3. The monoisotopic (exact) mass is 267 g/mol. The average molecular weight is 267 g/mol. The molecule has 0 aromatic rings. The lowest BCUT2D eigenvalue weighted by atomic mass is 9.86. The van der Waals surface area contributed by atoms with Gasteiger partial charge in [0.15, 0.2) is 0 Å². The van der Waals surface area contributed by atoms with Crippen molar-refractivity contribution >= 4 is 5.91 Å². The number of nitrogens with one attached hydrogen (secondary N) is 1. The van der Waals surface area contributed by atoms with Gasteiger partial charge in [-0.15, -0.1) is 0 Å². The zero-order chi connectivity index (χ0) is 13.8. The first kappa shape index (κ1) is 14.8. The molecule has 1 aliphatic carbocycles. The normalized spacial score (nSPS) is 37.0. The van der Waals surface area contributed by atoms with E-state index in [1.165, 1.54) is 19.3 Å². The Labute approximate surface area is 117 Å². The van der Waals surface area contributed by atoms with Crippen molar-refractivity contribution in [1.29, 1.82) is 0 Å². The third-order valence-corrected chi connectivity index (χ3v) is 4.93. The van der Waals surface area contributed by atoms with Crippen LogP contribution in [0.15, 0.2) is 0 Å². The van der Waals surface area contributed by atoms with E-state index in [2.05, 4.69) is 24.1 Å². The van der Waals surface area contributed by atoms with Crippen LogP contribution in [0.1, 0.15) is 46.0 Å². The predicted molar refractivity (Wildman–Crippen MR) is 77.8 cm³/mol. The topological polar surface area (TPSA) is 58.4 Å². The summed E-state index contributed by atoms with van der Waals surface area (Å²) in [5.41, 5.74) is 6.08. The summed E-state index contributed by atoms with van der Waals surface area (Å²) in [6.45, 7) is 6.83. The second kappa shape index (κ2) is 6.71. The highest BCUT2D eigenvalue weighted by molar-refractivity contribution is 5.78. The van der Waals surface area contributed by atoms with Crippen LogP contribution in [0.2, 0.25) is 0 Å². The highest BCUT2D eigenvalue weighted by Gasteiger charge is 2.26. The zero-order valence-corrected chi connectivity index (χ0v) is 12.4. The molecule has 2 rings (SSSR count). The summed E-state index contributed by atoms with van der Waals surface area (Å²) in [6, 6.07) is 0.605. The molecule has 1 amide bonds. The van der Waals surface area contributed by atoms with Crippen LogP contribution in [0.5, 0.6) is 0 Å². The number of hydrogen-bond donors (Lipinski definition) is 2. The molecule has 4 unspecified atom stereocenters. The second-order valence-corrected chi connectivity index (χ2v) is 6.60. The van der Waals surface area contributed by atoms with Gasteiger partial charge in [0, 0.05) is 18.6 Å². The van der Waals surface area contributed by atoms with Crippen LogP contribution < -0.4 is 11.1 Å². The molecule has 2 aliphatic rings. The Kier molecular flexibility index (Phi) is 5.22. The number of carbonyl (C=O) groups is 1. The second-order valence-electron chi connectivity index (χ2n) is 6.60. The number of carbonyl (C=O) groups excluding carboxylic acids is 1. The lowest BCUT2D eigenvalue weighted by molar-refractivity contribution is -0.123. The number of hydrogen-bond acceptors (Lipinski definition) is 3. The molecular weight excluding hydrogens is 238 g/mol. The van der Waals surface area contributed by atoms with E-state index in [1.54, 1.807) is 0 Å². The van der Waals surface area contributed by atoms with Gasteiger partial charge in [-0.2, -0.15) is 0 Å². The first-order chi connectivity index (χ1) is 9.06. The maximum absolute atomic E-state index is 12.1. The van der Waals surface area contributed by atoms with Crippen LogP contribution in [-0.4, -0.2) is 42.5 Å². The van der Waals surface area contributed by atoms with E-state index in [0.717, 1.165) is 25.9 Å². The third-order valence-electron chi connectivity index (χ3n) is 4.93. The fourth-order valence-electron chi connectivity index (χ4n) is 3.30. The summed E-state index contributed by atoms with van der Waals surface area (Å²) in [6.07, 6.45) is 6.06. The number of likely N-dealkylation sites (tertiary alicyclic amines) is 1. The Morgan fingerprint density at radius 3 is 2.63 bits per heavy atom. The number of nitrogens with zero attached hydrogens (tertiary/aromatic N) is 1. The van der Waals surface area contributed by atoms with Crippen LogP contribution in [0.4, 0.5) is 0 Å². The summed E-state index contributed by atoms with van der Waals surface area (Å²) >= 11 is 0. The van der Waals surface area contributed by atoms with Gasteiger partial charge in [0.05, 0.1) is 6.54 Å². The summed E-state index contributed by atoms with van der Waals surface area (Å²) < 4.78 is 0. The minimum absolute atomic E-state index is 0.181. The Balaban J connectivity index is 1.75. The van der Waals surface area contributed by atoms with E-state index < -0.39 is 0 Å². The van der Waals surface area contributed by atoms with Crippen molar-refractivity contribution in [3.63, 3.8) is 0 Å². The van der Waals surface area contributed by atoms with Gasteiger partial charge in [-0.1, -0.05) is 26.7 Å². The molecule has 4 heteroatoms. The van der Waals surface area contributed by atoms with Gasteiger partial charge >= 0.3 is 0 Å². The molecule has 4 nitrogen and oxygen atoms in total. The molecule has 1 aliphatic heterocycles. The molecule has 4 atom stereocenters. The van der Waals surface area contributed by atoms with E-state index in [-0.39, 0.29) is 11.9 Å². The third kappa shape index (κ3) is 4.18. The molecule has 0 spiro atoms. The summed E-state index contributed by atoms with van der Waals surface area (Å²) in [5, 5.41) is 3.22. The predicted octanol–water partition coefficient (Wildman–Crippen LogP) is 1.35. The van der Waals surface area contributed by atoms with Crippen molar-refractivity contribution < 1.29 is 4.79 Å². The van der Waals surface area contributed by atoms with Gasteiger partial charge in [-0.3, -0.25) is 9.69 Å². The number of piperidine rings is 1. The SMILES string of the molecule is CC1CCN(CC(=O)NC2CCCCC2C)CC1N. The summed E-state index contributed by atoms with van der Waals surface area (Å²) in [5.74, 6) is 1.39. The Hall–Kier alpha value is -0.610. The van der Waals surface area contributed by atoms with Gasteiger partial charge in [0.2, 0.25) is 5.91 Å². The fraction of sp³-hybridized carbons (Fsp3) is 0.933. The minimum Gasteiger partial charge on any atom is -0.352 e. The minimum atomic E-state index is 0.181. The van der Waals surface area contributed by atoms with E-state index in [4.69, 9.17) is 5.73 Å². The smallest absolute Gasteiger partial charge is 0.234 e. The Bertz CT molecular complexity index is 308. The van der Waals surface area contributed by atoms with Crippen molar-refractivity contribution in [3.05, 3.63) is 0 Å². The van der Waals surface area contributed by atoms with Crippen molar-refractivity contribution in [2.75, 3.05) is 19.6 Å². The van der Waals surface area contributed by atoms with Crippen molar-refractivity contribution in [2.45, 2.75) is 58.0 Å². The maximum atomic E-state index is 12.1. The van der Waals surface area contributed by atoms with Crippen LogP contribution in [-0.2, 0) is 4.79 Å². The van der Waals surface area contributed by atoms with Crippen LogP contribution in [0, 0.1) is 11.8 Å². The molecule has 2 fully saturated rings. The molecule has 0 aromatic heterocycles. The lowest BCUT2D eigenvalue weighted by Crippen LogP contribution is -2.52. The van der Waals surface area contributed by atoms with Crippen LogP contribution in [0.25, 0.3) is 0 Å². The van der Waals surface area contributed by atoms with Gasteiger partial charge in [-0.05, 0) is 37.6 Å². The van der Waals surface area contributed by atoms with Gasteiger partial charge in [-0.25, -0.2) is 0 Å². The molecule has 0 aromatic carbocycles. The first-order valence-corrected chi connectivity index (χ1v) is 7.83. The number of amides is 1. The zero-order valence-electron chi connectivity index (χ0n) is 12.4. The standard InChI is InChI=1S/C15H29N3O/c1-11-7-8-18(9-13(11)16)10-15(19)17-14-6-4-3-5-12(14)2/h11-14H,3-10,16H2,1-2H3,(H,17,19). The molecule has 0 radical (unpaired) electrons. The van der Waals surface area contributed by atoms with Gasteiger partial charge in [0.25, 0.3) is 0 Å². The molecular formula is C15H29N3O. The number of nitrogens with two attached hydrogens (primary N) is 1. The fourth-order valence-corrected chi connectivity index (χ4v) is 3.30. The van der Waals surface area contributed by atoms with E-state index in [0.29, 0.717) is 24.4 Å². The molecule has 1 saturated carbocycles. The van der Waals surface area contributed by atoms with Crippen molar-refractivity contribution in [3.8, 4) is 0 Å².